The van der Waals surface area contributed by atoms with Crippen molar-refractivity contribution in [2.75, 3.05) is 5.33 Å². The van der Waals surface area contributed by atoms with Crippen LogP contribution in [0.1, 0.15) is 5.56 Å². The first-order chi connectivity index (χ1) is 7.20. The zero-order valence-corrected chi connectivity index (χ0v) is 9.33. The molecule has 4 heteroatoms. The van der Waals surface area contributed by atoms with Gasteiger partial charge in [-0.1, -0.05) is 22.0 Å². The molecule has 15 heavy (non-hydrogen) atoms. The third-order valence-electron chi connectivity index (χ3n) is 2.13. The van der Waals surface area contributed by atoms with Crippen LogP contribution >= 0.6 is 15.9 Å². The molecule has 1 aromatic rings. The highest BCUT2D eigenvalue weighted by Gasteiger charge is 2.20. The monoisotopic (exact) mass is 270 g/mol. The molecule has 1 atom stereocenters. The predicted octanol–water partition coefficient (Wildman–Crippen LogP) is 2.56. The summed E-state index contributed by atoms with van der Waals surface area (Å²) in [5, 5.41) is 0.249. The van der Waals surface area contributed by atoms with Gasteiger partial charge >= 0.3 is 0 Å². The summed E-state index contributed by atoms with van der Waals surface area (Å²) in [5.41, 5.74) is 0.661. The van der Waals surface area contributed by atoms with Gasteiger partial charge in [0, 0.05) is 5.56 Å². The first-order valence-corrected chi connectivity index (χ1v) is 5.56. The number of benzene rings is 1. The van der Waals surface area contributed by atoms with Crippen molar-refractivity contribution in [2.45, 2.75) is 6.10 Å². The largest absolute Gasteiger partial charge is 0.478 e. The van der Waals surface area contributed by atoms with Gasteiger partial charge in [0.25, 0.3) is 0 Å². The normalized spacial score (nSPS) is 18.1. The van der Waals surface area contributed by atoms with E-state index < -0.39 is 6.10 Å². The van der Waals surface area contributed by atoms with E-state index in [1.54, 1.807) is 12.2 Å². The number of carbonyl (C=O) groups excluding carboxylic acids is 1. The Morgan fingerprint density at radius 1 is 1.53 bits per heavy atom. The van der Waals surface area contributed by atoms with Crippen molar-refractivity contribution in [1.29, 1.82) is 0 Å². The number of hydrogen-bond donors (Lipinski definition) is 0. The van der Waals surface area contributed by atoms with Gasteiger partial charge in [-0.15, -0.1) is 0 Å². The zero-order chi connectivity index (χ0) is 10.8. The maximum absolute atomic E-state index is 12.9. The third-order valence-corrected chi connectivity index (χ3v) is 2.68. The summed E-state index contributed by atoms with van der Waals surface area (Å²) in [5.74, 6) is 0.173. The summed E-state index contributed by atoms with van der Waals surface area (Å²) in [7, 11) is 0. The summed E-state index contributed by atoms with van der Waals surface area (Å²) in [6, 6.07) is 4.22. The van der Waals surface area contributed by atoms with E-state index in [1.807, 2.05) is 0 Å². The lowest BCUT2D eigenvalue weighted by atomic mass is 10.1. The molecule has 1 unspecified atom stereocenters. The lowest BCUT2D eigenvalue weighted by Gasteiger charge is -2.19. The molecule has 1 aromatic carbocycles. The number of ether oxygens (including phenoxy) is 1. The van der Waals surface area contributed by atoms with Gasteiger partial charge in [-0.25, -0.2) is 4.39 Å². The number of Topliss-reactive ketones (excluding diaryl/α,β-unsaturated/α-hetero) is 1. The Labute approximate surface area is 94.9 Å². The minimum Gasteiger partial charge on any atom is -0.478 e. The minimum atomic E-state index is -0.567. The lowest BCUT2D eigenvalue weighted by Crippen LogP contribution is -2.27. The lowest BCUT2D eigenvalue weighted by molar-refractivity contribution is -0.121. The fourth-order valence-corrected chi connectivity index (χ4v) is 1.69. The number of halogens is 2. The molecule has 0 saturated heterocycles. The van der Waals surface area contributed by atoms with E-state index in [0.717, 1.165) is 0 Å². The van der Waals surface area contributed by atoms with Crippen LogP contribution in [-0.4, -0.2) is 17.2 Å². The molecule has 0 bridgehead atoms. The Hall–Kier alpha value is -1.16. The topological polar surface area (TPSA) is 26.3 Å². The Morgan fingerprint density at radius 2 is 2.33 bits per heavy atom. The van der Waals surface area contributed by atoms with Crippen LogP contribution in [0.2, 0.25) is 0 Å². The van der Waals surface area contributed by atoms with Gasteiger partial charge in [0.1, 0.15) is 11.6 Å². The molecule has 0 fully saturated rings. The van der Waals surface area contributed by atoms with Gasteiger partial charge in [0.2, 0.25) is 0 Å². The number of rotatable bonds is 2. The average Bonchev–Trinajstić information content (AvgIpc) is 2.27. The van der Waals surface area contributed by atoms with Crippen molar-refractivity contribution < 1.29 is 13.9 Å². The standard InChI is InChI=1S/C11H8BrFO2/c12-6-9(14)11-3-1-7-5-8(13)2-4-10(7)15-11/h1-5,11H,6H2. The molecule has 78 valence electrons. The van der Waals surface area contributed by atoms with Crippen molar-refractivity contribution in [3.63, 3.8) is 0 Å². The van der Waals surface area contributed by atoms with Crippen LogP contribution in [0.5, 0.6) is 5.75 Å². The van der Waals surface area contributed by atoms with Crippen LogP contribution in [-0.2, 0) is 4.79 Å². The Balaban J connectivity index is 2.28. The molecule has 0 N–H and O–H groups in total. The number of hydrogen-bond acceptors (Lipinski definition) is 2. The molecule has 2 nitrogen and oxygen atoms in total. The quantitative estimate of drug-likeness (QED) is 0.773. The average molecular weight is 271 g/mol. The predicted molar refractivity (Wildman–Crippen MR) is 58.7 cm³/mol. The molecular weight excluding hydrogens is 263 g/mol. The second-order valence-electron chi connectivity index (χ2n) is 3.18. The van der Waals surface area contributed by atoms with Crippen LogP contribution in [0, 0.1) is 5.82 Å². The highest BCUT2D eigenvalue weighted by Crippen LogP contribution is 2.26. The van der Waals surface area contributed by atoms with Gasteiger partial charge in [-0.05, 0) is 24.3 Å². The first kappa shape index (κ1) is 10.4. The molecule has 0 amide bonds. The van der Waals surface area contributed by atoms with E-state index in [1.165, 1.54) is 18.2 Å². The molecule has 0 radical (unpaired) electrons. The van der Waals surface area contributed by atoms with E-state index in [4.69, 9.17) is 4.74 Å². The molecule has 2 rings (SSSR count). The molecule has 0 aliphatic carbocycles. The van der Waals surface area contributed by atoms with E-state index >= 15 is 0 Å². The maximum atomic E-state index is 12.9. The van der Waals surface area contributed by atoms with Crippen molar-refractivity contribution in [1.82, 2.24) is 0 Å². The third kappa shape index (κ3) is 2.09. The fraction of sp³-hybridized carbons (Fsp3) is 0.182. The van der Waals surface area contributed by atoms with Crippen molar-refractivity contribution in [3.8, 4) is 5.75 Å². The van der Waals surface area contributed by atoms with Crippen molar-refractivity contribution in [2.24, 2.45) is 0 Å². The minimum absolute atomic E-state index is 0.0544. The molecule has 0 spiro atoms. The highest BCUT2D eigenvalue weighted by molar-refractivity contribution is 9.09. The van der Waals surface area contributed by atoms with Crippen LogP contribution < -0.4 is 4.74 Å². The van der Waals surface area contributed by atoms with E-state index in [-0.39, 0.29) is 16.9 Å². The van der Waals surface area contributed by atoms with Crippen LogP contribution in [0.4, 0.5) is 4.39 Å². The van der Waals surface area contributed by atoms with Gasteiger partial charge in [-0.3, -0.25) is 4.79 Å². The number of carbonyl (C=O) groups is 1. The Morgan fingerprint density at radius 3 is 3.07 bits per heavy atom. The molecule has 1 aliphatic rings. The van der Waals surface area contributed by atoms with Gasteiger partial charge < -0.3 is 4.74 Å². The summed E-state index contributed by atoms with van der Waals surface area (Å²) in [6.07, 6.45) is 2.76. The van der Waals surface area contributed by atoms with Gasteiger partial charge in [0.15, 0.2) is 11.9 Å². The van der Waals surface area contributed by atoms with Gasteiger partial charge in [-0.2, -0.15) is 0 Å². The summed E-state index contributed by atoms with van der Waals surface area (Å²) < 4.78 is 18.3. The van der Waals surface area contributed by atoms with E-state index in [0.29, 0.717) is 11.3 Å². The zero-order valence-electron chi connectivity index (χ0n) is 7.74. The SMILES string of the molecule is O=C(CBr)C1C=Cc2cc(F)ccc2O1. The summed E-state index contributed by atoms with van der Waals surface area (Å²) in [4.78, 5) is 11.3. The molecule has 1 heterocycles. The highest BCUT2D eigenvalue weighted by atomic mass is 79.9. The van der Waals surface area contributed by atoms with Crippen LogP contribution in [0.25, 0.3) is 6.08 Å². The van der Waals surface area contributed by atoms with Crippen LogP contribution in [0.15, 0.2) is 24.3 Å². The first-order valence-electron chi connectivity index (χ1n) is 4.44. The maximum Gasteiger partial charge on any atom is 0.187 e. The van der Waals surface area contributed by atoms with E-state index in [2.05, 4.69) is 15.9 Å². The number of alkyl halides is 1. The summed E-state index contributed by atoms with van der Waals surface area (Å²) >= 11 is 3.08. The number of fused-ring (bicyclic) bond motifs is 1. The van der Waals surface area contributed by atoms with Crippen molar-refractivity contribution >= 4 is 27.8 Å². The Bertz CT molecular complexity index is 429. The fourth-order valence-electron chi connectivity index (χ4n) is 1.37. The Kier molecular flexibility index (Phi) is 2.86. The number of ketones is 1. The molecule has 0 saturated carbocycles. The molecular formula is C11H8BrFO2. The van der Waals surface area contributed by atoms with Crippen molar-refractivity contribution in [3.05, 3.63) is 35.7 Å². The molecule has 0 aromatic heterocycles. The smallest absolute Gasteiger partial charge is 0.187 e. The molecule has 1 aliphatic heterocycles. The van der Waals surface area contributed by atoms with E-state index in [9.17, 15) is 9.18 Å². The van der Waals surface area contributed by atoms with Crippen LogP contribution in [0.3, 0.4) is 0 Å². The second kappa shape index (κ2) is 4.14. The second-order valence-corrected chi connectivity index (χ2v) is 3.74. The summed E-state index contributed by atoms with van der Waals surface area (Å²) in [6.45, 7) is 0. The van der Waals surface area contributed by atoms with Gasteiger partial charge in [0.05, 0.1) is 5.33 Å².